The summed E-state index contributed by atoms with van der Waals surface area (Å²) in [4.78, 5) is 7.12. The molecule has 1 aliphatic heterocycles. The maximum atomic E-state index is 9.41. The number of allylic oxidation sites excluding steroid dienone is 1. The van der Waals surface area contributed by atoms with Crippen molar-refractivity contribution in [3.05, 3.63) is 301 Å². The number of rotatable bonds is 8. The summed E-state index contributed by atoms with van der Waals surface area (Å²) in [5.74, 6) is -0.00643. The van der Waals surface area contributed by atoms with Crippen molar-refractivity contribution in [1.82, 2.24) is 8.97 Å². The molecule has 15 rings (SSSR count). The van der Waals surface area contributed by atoms with Gasteiger partial charge < -0.3 is 4.90 Å². The molecule has 1 aliphatic carbocycles. The number of para-hydroxylation sites is 2. The van der Waals surface area contributed by atoms with Crippen LogP contribution in [0.2, 0.25) is 0 Å². The summed E-state index contributed by atoms with van der Waals surface area (Å²) in [6, 6.07) is 96.1. The van der Waals surface area contributed by atoms with Gasteiger partial charge in [-0.2, -0.15) is 0 Å². The predicted molar refractivity (Wildman–Crippen MR) is 315 cm³/mol. The highest BCUT2D eigenvalue weighted by molar-refractivity contribution is 6.08. The first-order valence-electron chi connectivity index (χ1n) is 26.0. The Hall–Kier alpha value is -10.2. The largest absolute Gasteiger partial charge is 0.313 e. The first-order chi connectivity index (χ1) is 37.7. The van der Waals surface area contributed by atoms with Gasteiger partial charge >= 0.3 is 0 Å². The van der Waals surface area contributed by atoms with E-state index in [2.05, 4.69) is 292 Å². The van der Waals surface area contributed by atoms with Gasteiger partial charge in [-0.25, -0.2) is 4.85 Å². The Morgan fingerprint density at radius 2 is 0.868 bits per heavy atom. The maximum Gasteiger partial charge on any atom is 0.203 e. The molecule has 76 heavy (non-hydrogen) atoms. The molecule has 354 valence electrons. The summed E-state index contributed by atoms with van der Waals surface area (Å²) in [7, 11) is 0. The van der Waals surface area contributed by atoms with Gasteiger partial charge in [-0.3, -0.25) is 8.97 Å². The molecule has 0 saturated heterocycles. The van der Waals surface area contributed by atoms with Crippen molar-refractivity contribution < 1.29 is 0 Å². The number of imidazole rings is 1. The average Bonchev–Trinajstić information content (AvgIpc) is 4.28. The lowest BCUT2D eigenvalue weighted by Crippen LogP contribution is -2.11. The molecule has 3 heterocycles. The summed E-state index contributed by atoms with van der Waals surface area (Å²) >= 11 is 0. The second kappa shape index (κ2) is 17.5. The topological polar surface area (TPSA) is 16.9 Å². The van der Waals surface area contributed by atoms with E-state index >= 15 is 0 Å². The number of fused-ring (bicyclic) bond motifs is 10. The van der Waals surface area contributed by atoms with Gasteiger partial charge in [0, 0.05) is 22.5 Å². The molecule has 0 amide bonds. The van der Waals surface area contributed by atoms with E-state index in [-0.39, 0.29) is 5.92 Å². The minimum atomic E-state index is -0.00643. The number of nitrogens with zero attached hydrogens (tertiary/aromatic N) is 4. The van der Waals surface area contributed by atoms with Crippen molar-refractivity contribution in [1.29, 1.82) is 0 Å². The molecule has 4 heteroatoms. The molecule has 0 radical (unpaired) electrons. The van der Waals surface area contributed by atoms with Crippen LogP contribution in [0, 0.1) is 6.57 Å². The van der Waals surface area contributed by atoms with Crippen molar-refractivity contribution in [2.24, 2.45) is 0 Å². The third-order valence-electron chi connectivity index (χ3n) is 15.7. The van der Waals surface area contributed by atoms with Crippen LogP contribution in [-0.2, 0) is 0 Å². The summed E-state index contributed by atoms with van der Waals surface area (Å²) in [6.07, 6.45) is 2.38. The smallest absolute Gasteiger partial charge is 0.203 e. The molecule has 0 N–H and O–H groups in total. The quantitative estimate of drug-likeness (QED) is 0.139. The van der Waals surface area contributed by atoms with E-state index < -0.39 is 0 Å². The predicted octanol–water partition coefficient (Wildman–Crippen LogP) is 19.2. The fourth-order valence-electron chi connectivity index (χ4n) is 12.3. The lowest BCUT2D eigenvalue weighted by Gasteiger charge is -2.22. The minimum Gasteiger partial charge on any atom is -0.313 e. The molecular weight excluding hydrogens is 921 g/mol. The summed E-state index contributed by atoms with van der Waals surface area (Å²) in [6.45, 7) is 9.41. The average molecular weight is 967 g/mol. The van der Waals surface area contributed by atoms with Crippen LogP contribution in [0.1, 0.15) is 22.6 Å². The van der Waals surface area contributed by atoms with E-state index in [4.69, 9.17) is 0 Å². The highest BCUT2D eigenvalue weighted by Gasteiger charge is 2.40. The van der Waals surface area contributed by atoms with Gasteiger partial charge in [0.05, 0.1) is 34.7 Å². The van der Waals surface area contributed by atoms with E-state index in [1.807, 2.05) is 0 Å². The third kappa shape index (κ3) is 6.84. The van der Waals surface area contributed by atoms with Gasteiger partial charge in [0.2, 0.25) is 5.69 Å². The highest BCUT2D eigenvalue weighted by atomic mass is 15.2. The summed E-state index contributed by atoms with van der Waals surface area (Å²) in [5.41, 5.74) is 26.1. The Morgan fingerprint density at radius 3 is 1.49 bits per heavy atom. The fourth-order valence-corrected chi connectivity index (χ4v) is 12.3. The van der Waals surface area contributed by atoms with E-state index in [0.29, 0.717) is 5.69 Å². The second-order valence-electron chi connectivity index (χ2n) is 19.9. The minimum absolute atomic E-state index is 0.00643. The SMILES string of the molecule is [C-]#[N+]c1c(-c2ccc3c(c2)C2C(=C3)N(c3ccccc3)c3ccc(-c4ccccc4)cc32)c(-c2ccccc2)cc(-c2ccccc2)c1-c1ccc2cc3n(-c4ccccc4)c4ccc(-c5ccccc5)cc4n3c2c1. The fraction of sp³-hybridized carbons (Fsp3) is 0.0139. The van der Waals surface area contributed by atoms with E-state index in [1.165, 1.54) is 44.8 Å². The molecule has 2 aliphatic rings. The molecule has 13 aromatic rings. The first-order valence-corrected chi connectivity index (χ1v) is 26.0. The van der Waals surface area contributed by atoms with Crippen molar-refractivity contribution in [3.8, 4) is 72.4 Å². The van der Waals surface area contributed by atoms with E-state index in [1.54, 1.807) is 0 Å². The Morgan fingerprint density at radius 1 is 0.368 bits per heavy atom. The zero-order chi connectivity index (χ0) is 50.3. The lowest BCUT2D eigenvalue weighted by atomic mass is 9.82. The van der Waals surface area contributed by atoms with Crippen LogP contribution in [0.5, 0.6) is 0 Å². The summed E-state index contributed by atoms with van der Waals surface area (Å²) < 4.78 is 4.79. The monoisotopic (exact) mass is 966 g/mol. The van der Waals surface area contributed by atoms with Crippen LogP contribution in [-0.4, -0.2) is 8.97 Å². The number of hydrogen-bond donors (Lipinski definition) is 0. The first kappa shape index (κ1) is 43.4. The van der Waals surface area contributed by atoms with E-state index in [9.17, 15) is 6.57 Å². The zero-order valence-electron chi connectivity index (χ0n) is 41.3. The van der Waals surface area contributed by atoms with Crippen LogP contribution >= 0.6 is 0 Å². The Kier molecular flexibility index (Phi) is 9.98. The van der Waals surface area contributed by atoms with Crippen molar-refractivity contribution in [2.45, 2.75) is 5.92 Å². The second-order valence-corrected chi connectivity index (χ2v) is 19.9. The molecule has 0 saturated carbocycles. The van der Waals surface area contributed by atoms with Gasteiger partial charge in [-0.05, 0) is 156 Å². The van der Waals surface area contributed by atoms with Gasteiger partial charge in [-0.15, -0.1) is 0 Å². The molecule has 1 atom stereocenters. The van der Waals surface area contributed by atoms with Crippen LogP contribution in [0.4, 0.5) is 17.1 Å². The van der Waals surface area contributed by atoms with Gasteiger partial charge in [0.25, 0.3) is 0 Å². The Balaban J connectivity index is 0.975. The molecule has 0 spiro atoms. The highest BCUT2D eigenvalue weighted by Crippen LogP contribution is 2.58. The zero-order valence-corrected chi connectivity index (χ0v) is 41.3. The van der Waals surface area contributed by atoms with Gasteiger partial charge in [-0.1, -0.05) is 200 Å². The lowest BCUT2D eigenvalue weighted by molar-refractivity contribution is 1.01. The molecule has 0 fully saturated rings. The number of benzene rings is 11. The maximum absolute atomic E-state index is 9.41. The number of anilines is 2. The van der Waals surface area contributed by atoms with Crippen LogP contribution in [0.25, 0.3) is 111 Å². The molecule has 2 aromatic heterocycles. The van der Waals surface area contributed by atoms with Crippen molar-refractivity contribution in [2.75, 3.05) is 4.90 Å². The van der Waals surface area contributed by atoms with Crippen LogP contribution < -0.4 is 4.90 Å². The van der Waals surface area contributed by atoms with Gasteiger partial charge in [0.15, 0.2) is 0 Å². The molecular formula is C72H46N4. The van der Waals surface area contributed by atoms with Crippen molar-refractivity contribution >= 4 is 50.7 Å². The standard InChI is InChI=1S/C72H46N4/c1-73-72-69(55-34-32-53-43-67-71(59(53)41-55)62-40-51(47-20-8-2-9-21-47)36-38-63(62)74(67)57-28-16-6-17-29-57)60(49-24-12-4-13-25-49)46-61(50-26-14-5-15-27-50)70(72)56-35-33-54-45-68-75(58-30-18-7-19-31-58)64-39-37-52(48-22-10-3-11-23-48)42-66(64)76(68)65(54)44-56/h2-46,71H. The normalized spacial score (nSPS) is 13.4. The van der Waals surface area contributed by atoms with Gasteiger partial charge in [0.1, 0.15) is 5.65 Å². The van der Waals surface area contributed by atoms with Crippen LogP contribution in [0.15, 0.2) is 273 Å². The molecule has 0 bridgehead atoms. The van der Waals surface area contributed by atoms with Crippen molar-refractivity contribution in [3.63, 3.8) is 0 Å². The van der Waals surface area contributed by atoms with Crippen LogP contribution in [0.3, 0.4) is 0 Å². The number of aromatic nitrogens is 2. The molecule has 4 nitrogen and oxygen atoms in total. The molecule has 11 aromatic carbocycles. The Labute approximate surface area is 441 Å². The summed E-state index contributed by atoms with van der Waals surface area (Å²) in [5, 5.41) is 1.13. The Bertz CT molecular complexity index is 4490. The van der Waals surface area contributed by atoms with E-state index in [0.717, 1.165) is 89.0 Å². The third-order valence-corrected chi connectivity index (χ3v) is 15.7. The number of hydrogen-bond acceptors (Lipinski definition) is 1. The molecule has 1 unspecified atom stereocenters.